The van der Waals surface area contributed by atoms with E-state index < -0.39 is 7.82 Å². The van der Waals surface area contributed by atoms with E-state index in [4.69, 9.17) is 9.79 Å². The summed E-state index contributed by atoms with van der Waals surface area (Å²) in [7, 11) is -4.41. The molecule has 0 aliphatic carbocycles. The molecule has 2 rings (SSSR count). The normalized spacial score (nSPS) is 13.3. The first-order valence-electron chi connectivity index (χ1n) is 7.25. The molecule has 22 heavy (non-hydrogen) atoms. The lowest BCUT2D eigenvalue weighted by molar-refractivity contribution is 0.168. The fourth-order valence-corrected chi connectivity index (χ4v) is 2.98. The molecule has 0 radical (unpaired) electrons. The second-order valence-corrected chi connectivity index (χ2v) is 6.74. The Morgan fingerprint density at radius 2 is 1.41 bits per heavy atom. The molecular weight excluding hydrogens is 299 g/mol. The Morgan fingerprint density at radius 1 is 0.955 bits per heavy atom. The van der Waals surface area contributed by atoms with Crippen molar-refractivity contribution in [2.24, 2.45) is 5.92 Å². The third kappa shape index (κ3) is 5.39. The van der Waals surface area contributed by atoms with Gasteiger partial charge in [-0.1, -0.05) is 67.6 Å². The van der Waals surface area contributed by atoms with Crippen LogP contribution in [0.15, 0.2) is 60.7 Å². The lowest BCUT2D eigenvalue weighted by atomic mass is 9.84. The van der Waals surface area contributed by atoms with E-state index in [1.165, 1.54) is 11.1 Å². The molecule has 0 saturated carbocycles. The van der Waals surface area contributed by atoms with Crippen molar-refractivity contribution >= 4 is 7.82 Å². The Labute approximate surface area is 131 Å². The van der Waals surface area contributed by atoms with Gasteiger partial charge in [0.05, 0.1) is 6.61 Å². The number of phosphoric acid groups is 1. The lowest BCUT2D eigenvalue weighted by Gasteiger charge is -2.22. The van der Waals surface area contributed by atoms with E-state index in [1.807, 2.05) is 43.3 Å². The molecule has 118 valence electrons. The van der Waals surface area contributed by atoms with Gasteiger partial charge in [0, 0.05) is 5.92 Å². The summed E-state index contributed by atoms with van der Waals surface area (Å²) < 4.78 is 15.5. The highest BCUT2D eigenvalue weighted by Gasteiger charge is 2.20. The molecule has 4 nitrogen and oxygen atoms in total. The minimum absolute atomic E-state index is 0.0260. The van der Waals surface area contributed by atoms with E-state index in [0.29, 0.717) is 0 Å². The second-order valence-electron chi connectivity index (χ2n) is 5.50. The summed E-state index contributed by atoms with van der Waals surface area (Å²) in [5.41, 5.74) is 2.38. The van der Waals surface area contributed by atoms with Crippen LogP contribution in [0.3, 0.4) is 0 Å². The maximum atomic E-state index is 10.8. The lowest BCUT2D eigenvalue weighted by Crippen LogP contribution is -2.11. The van der Waals surface area contributed by atoms with Gasteiger partial charge in [0.2, 0.25) is 0 Å². The molecule has 0 spiro atoms. The molecule has 2 aromatic carbocycles. The van der Waals surface area contributed by atoms with E-state index in [9.17, 15) is 4.57 Å². The highest BCUT2D eigenvalue weighted by molar-refractivity contribution is 7.46. The first kappa shape index (κ1) is 16.9. The molecule has 0 heterocycles. The van der Waals surface area contributed by atoms with Crippen molar-refractivity contribution < 1.29 is 18.9 Å². The van der Waals surface area contributed by atoms with Crippen LogP contribution >= 0.6 is 7.82 Å². The van der Waals surface area contributed by atoms with Crippen LogP contribution in [0.1, 0.15) is 30.4 Å². The fourth-order valence-electron chi connectivity index (χ4n) is 2.53. The van der Waals surface area contributed by atoms with Gasteiger partial charge in [0.15, 0.2) is 0 Å². The topological polar surface area (TPSA) is 66.8 Å². The van der Waals surface area contributed by atoms with Crippen LogP contribution in [0.25, 0.3) is 0 Å². The quantitative estimate of drug-likeness (QED) is 0.758. The Bertz CT molecular complexity index is 570. The van der Waals surface area contributed by atoms with Crippen LogP contribution in [0.5, 0.6) is 0 Å². The minimum Gasteiger partial charge on any atom is -0.303 e. The van der Waals surface area contributed by atoms with Crippen LogP contribution < -0.4 is 0 Å². The Morgan fingerprint density at radius 3 is 1.82 bits per heavy atom. The van der Waals surface area contributed by atoms with Gasteiger partial charge < -0.3 is 9.79 Å². The zero-order valence-corrected chi connectivity index (χ0v) is 13.4. The predicted octanol–water partition coefficient (Wildman–Crippen LogP) is 3.95. The monoisotopic (exact) mass is 320 g/mol. The zero-order chi connectivity index (χ0) is 16.0. The summed E-state index contributed by atoms with van der Waals surface area (Å²) in [5.74, 6) is 0.204. The van der Waals surface area contributed by atoms with E-state index in [1.54, 1.807) is 0 Å². The van der Waals surface area contributed by atoms with Gasteiger partial charge in [0.1, 0.15) is 0 Å². The molecule has 5 heteroatoms. The van der Waals surface area contributed by atoms with E-state index in [-0.39, 0.29) is 18.4 Å². The summed E-state index contributed by atoms with van der Waals surface area (Å²) in [6.45, 7) is 1.98. The predicted molar refractivity (Wildman–Crippen MR) is 86.5 cm³/mol. The first-order chi connectivity index (χ1) is 10.5. The van der Waals surface area contributed by atoms with Crippen molar-refractivity contribution in [1.29, 1.82) is 0 Å². The van der Waals surface area contributed by atoms with Gasteiger partial charge in [-0.3, -0.25) is 4.52 Å². The summed E-state index contributed by atoms with van der Waals surface area (Å²) in [6.07, 6.45) is 0.758. The molecular formula is C17H21O4P. The molecule has 0 fully saturated rings. The number of benzene rings is 2. The third-order valence-electron chi connectivity index (χ3n) is 3.57. The standard InChI is InChI=1S/C17H21O4P/c1-14(13-21-22(18,19)20)12-17(15-8-4-2-5-9-15)16-10-6-3-7-11-16/h2-11,14,17H,12-13H2,1H3,(H2,18,19,20). The van der Waals surface area contributed by atoms with Crippen molar-refractivity contribution in [3.05, 3.63) is 71.8 Å². The molecule has 1 unspecified atom stereocenters. The zero-order valence-electron chi connectivity index (χ0n) is 12.5. The summed E-state index contributed by atoms with van der Waals surface area (Å²) in [4.78, 5) is 17.6. The molecule has 0 aliphatic heterocycles. The third-order valence-corrected chi connectivity index (χ3v) is 4.05. The Kier molecular flexibility index (Phi) is 5.92. The SMILES string of the molecule is CC(COP(=O)(O)O)CC(c1ccccc1)c1ccccc1. The average molecular weight is 320 g/mol. The van der Waals surface area contributed by atoms with Crippen molar-refractivity contribution in [1.82, 2.24) is 0 Å². The van der Waals surface area contributed by atoms with Crippen molar-refractivity contribution in [2.75, 3.05) is 6.61 Å². The van der Waals surface area contributed by atoms with Gasteiger partial charge >= 0.3 is 7.82 Å². The van der Waals surface area contributed by atoms with E-state index >= 15 is 0 Å². The van der Waals surface area contributed by atoms with E-state index in [0.717, 1.165) is 6.42 Å². The molecule has 2 aromatic rings. The highest BCUT2D eigenvalue weighted by atomic mass is 31.2. The van der Waals surface area contributed by atoms with Crippen LogP contribution in [-0.4, -0.2) is 16.4 Å². The largest absolute Gasteiger partial charge is 0.469 e. The second kappa shape index (κ2) is 7.70. The summed E-state index contributed by atoms with van der Waals surface area (Å²) >= 11 is 0. The highest BCUT2D eigenvalue weighted by Crippen LogP contribution is 2.38. The number of hydrogen-bond donors (Lipinski definition) is 2. The fraction of sp³-hybridized carbons (Fsp3) is 0.294. The van der Waals surface area contributed by atoms with Gasteiger partial charge in [-0.2, -0.15) is 0 Å². The van der Waals surface area contributed by atoms with Crippen LogP contribution in [0, 0.1) is 5.92 Å². The van der Waals surface area contributed by atoms with Crippen LogP contribution in [0.2, 0.25) is 0 Å². The number of phosphoric ester groups is 1. The molecule has 1 atom stereocenters. The summed E-state index contributed by atoms with van der Waals surface area (Å²) in [6, 6.07) is 20.3. The molecule has 0 amide bonds. The van der Waals surface area contributed by atoms with Gasteiger partial charge in [0.25, 0.3) is 0 Å². The average Bonchev–Trinajstić information content (AvgIpc) is 2.52. The summed E-state index contributed by atoms with van der Waals surface area (Å²) in [5, 5.41) is 0. The number of rotatable bonds is 7. The maximum absolute atomic E-state index is 10.8. The van der Waals surface area contributed by atoms with Crippen molar-refractivity contribution in [3.63, 3.8) is 0 Å². The maximum Gasteiger partial charge on any atom is 0.469 e. The van der Waals surface area contributed by atoms with Crippen molar-refractivity contribution in [3.8, 4) is 0 Å². The van der Waals surface area contributed by atoms with Crippen LogP contribution in [-0.2, 0) is 9.09 Å². The van der Waals surface area contributed by atoms with Crippen LogP contribution in [0.4, 0.5) is 0 Å². The molecule has 2 N–H and O–H groups in total. The van der Waals surface area contributed by atoms with Gasteiger partial charge in [-0.15, -0.1) is 0 Å². The molecule has 0 saturated heterocycles. The first-order valence-corrected chi connectivity index (χ1v) is 8.78. The van der Waals surface area contributed by atoms with Crippen molar-refractivity contribution in [2.45, 2.75) is 19.3 Å². The van der Waals surface area contributed by atoms with Gasteiger partial charge in [-0.25, -0.2) is 4.57 Å². The Balaban J connectivity index is 2.14. The van der Waals surface area contributed by atoms with E-state index in [2.05, 4.69) is 28.8 Å². The molecule has 0 aromatic heterocycles. The van der Waals surface area contributed by atoms with Gasteiger partial charge in [-0.05, 0) is 23.5 Å². The Hall–Kier alpha value is -1.45. The minimum atomic E-state index is -4.41. The molecule has 0 aliphatic rings. The smallest absolute Gasteiger partial charge is 0.303 e. The molecule has 0 bridgehead atoms. The number of hydrogen-bond acceptors (Lipinski definition) is 2.